The number of benzene rings is 2. The summed E-state index contributed by atoms with van der Waals surface area (Å²) in [6, 6.07) is 5.83. The third-order valence-electron chi connectivity index (χ3n) is 3.07. The fourth-order valence-corrected chi connectivity index (χ4v) is 2.01. The largest absolute Gasteiger partial charge is 0.385 e. The number of hydrogen-bond donors (Lipinski definition) is 1. The van der Waals surface area contributed by atoms with Gasteiger partial charge in [-0.25, -0.2) is 17.6 Å². The molecule has 0 aliphatic carbocycles. The Kier molecular flexibility index (Phi) is 3.81. The van der Waals surface area contributed by atoms with Crippen LogP contribution >= 0.6 is 0 Å². The highest BCUT2D eigenvalue weighted by atomic mass is 19.1. The molecule has 2 aromatic carbocycles. The third kappa shape index (κ3) is 2.99. The first kappa shape index (κ1) is 14.5. The van der Waals surface area contributed by atoms with Crippen molar-refractivity contribution in [3.8, 4) is 0 Å². The molecule has 2 rings (SSSR count). The summed E-state index contributed by atoms with van der Waals surface area (Å²) in [6.07, 6.45) is -0.436. The van der Waals surface area contributed by atoms with E-state index in [4.69, 9.17) is 0 Å². The van der Waals surface area contributed by atoms with Crippen molar-refractivity contribution in [1.82, 2.24) is 0 Å². The van der Waals surface area contributed by atoms with Gasteiger partial charge in [0.15, 0.2) is 0 Å². The molecule has 20 heavy (non-hydrogen) atoms. The fourth-order valence-electron chi connectivity index (χ4n) is 2.01. The first-order chi connectivity index (χ1) is 9.29. The Bertz CT molecular complexity index is 597. The van der Waals surface area contributed by atoms with Crippen LogP contribution < -0.4 is 0 Å². The Morgan fingerprint density at radius 2 is 1.45 bits per heavy atom. The van der Waals surface area contributed by atoms with Crippen molar-refractivity contribution in [3.05, 3.63) is 70.8 Å². The summed E-state index contributed by atoms with van der Waals surface area (Å²) in [5.74, 6) is -3.37. The van der Waals surface area contributed by atoms with E-state index in [1.807, 2.05) is 0 Å². The quantitative estimate of drug-likeness (QED) is 0.852. The van der Waals surface area contributed by atoms with Gasteiger partial charge < -0.3 is 5.11 Å². The molecule has 0 saturated carbocycles. The van der Waals surface area contributed by atoms with Gasteiger partial charge in [-0.3, -0.25) is 0 Å². The minimum absolute atomic E-state index is 0.0855. The van der Waals surface area contributed by atoms with Gasteiger partial charge in [-0.15, -0.1) is 0 Å². The second-order valence-corrected chi connectivity index (χ2v) is 4.81. The van der Waals surface area contributed by atoms with Crippen LogP contribution in [0.4, 0.5) is 17.6 Å². The van der Waals surface area contributed by atoms with E-state index in [1.54, 1.807) is 0 Å². The second-order valence-electron chi connectivity index (χ2n) is 4.81. The average Bonchev–Trinajstić information content (AvgIpc) is 2.33. The van der Waals surface area contributed by atoms with Crippen molar-refractivity contribution < 1.29 is 22.7 Å². The van der Waals surface area contributed by atoms with Gasteiger partial charge in [0.1, 0.15) is 23.3 Å². The van der Waals surface area contributed by atoms with Gasteiger partial charge in [0.2, 0.25) is 0 Å². The van der Waals surface area contributed by atoms with E-state index in [9.17, 15) is 22.7 Å². The standard InChI is InChI=1S/C15H12F4O/c1-15(20,9-5-10(16)7-11(17)6-9)8-12-13(18)3-2-4-14(12)19/h2-7,20H,8H2,1H3. The number of rotatable bonds is 3. The lowest BCUT2D eigenvalue weighted by Gasteiger charge is -2.24. The van der Waals surface area contributed by atoms with Gasteiger partial charge in [-0.1, -0.05) is 6.07 Å². The van der Waals surface area contributed by atoms with Crippen molar-refractivity contribution in [3.63, 3.8) is 0 Å². The zero-order valence-electron chi connectivity index (χ0n) is 10.6. The molecule has 1 atom stereocenters. The van der Waals surface area contributed by atoms with Crippen LogP contribution in [-0.4, -0.2) is 5.11 Å². The molecule has 106 valence electrons. The van der Waals surface area contributed by atoms with Crippen molar-refractivity contribution in [2.75, 3.05) is 0 Å². The van der Waals surface area contributed by atoms with Crippen molar-refractivity contribution in [2.45, 2.75) is 18.9 Å². The maximum atomic E-state index is 13.6. The van der Waals surface area contributed by atoms with E-state index in [2.05, 4.69) is 0 Å². The summed E-state index contributed by atoms with van der Waals surface area (Å²) in [4.78, 5) is 0. The SMILES string of the molecule is CC(O)(Cc1c(F)cccc1F)c1cc(F)cc(F)c1. The van der Waals surface area contributed by atoms with E-state index in [1.165, 1.54) is 13.0 Å². The number of hydrogen-bond acceptors (Lipinski definition) is 1. The molecule has 0 amide bonds. The Balaban J connectivity index is 2.40. The molecule has 2 aromatic rings. The summed E-state index contributed by atoms with van der Waals surface area (Å²) in [5, 5.41) is 10.3. The molecule has 0 radical (unpaired) electrons. The molecular weight excluding hydrogens is 272 g/mol. The molecule has 1 unspecified atom stereocenters. The normalized spacial score (nSPS) is 14.1. The minimum atomic E-state index is -1.80. The summed E-state index contributed by atoms with van der Waals surface area (Å²) in [7, 11) is 0. The summed E-state index contributed by atoms with van der Waals surface area (Å²) < 4.78 is 53.4. The van der Waals surface area contributed by atoms with Crippen LogP contribution in [0.3, 0.4) is 0 Å². The predicted molar refractivity (Wildman–Crippen MR) is 66.0 cm³/mol. The van der Waals surface area contributed by atoms with Crippen LogP contribution in [0.25, 0.3) is 0 Å². The van der Waals surface area contributed by atoms with Crippen molar-refractivity contribution in [2.24, 2.45) is 0 Å². The van der Waals surface area contributed by atoms with E-state index in [-0.39, 0.29) is 11.1 Å². The van der Waals surface area contributed by atoms with Gasteiger partial charge in [-0.05, 0) is 36.8 Å². The Morgan fingerprint density at radius 3 is 1.95 bits per heavy atom. The van der Waals surface area contributed by atoms with E-state index in [0.29, 0.717) is 6.07 Å². The molecular formula is C15H12F4O. The molecule has 0 aromatic heterocycles. The highest BCUT2D eigenvalue weighted by Gasteiger charge is 2.27. The van der Waals surface area contributed by atoms with Crippen LogP contribution in [0.15, 0.2) is 36.4 Å². The van der Waals surface area contributed by atoms with Crippen LogP contribution in [0.1, 0.15) is 18.1 Å². The molecule has 1 nitrogen and oxygen atoms in total. The van der Waals surface area contributed by atoms with Gasteiger partial charge in [0.05, 0.1) is 5.60 Å². The molecule has 5 heteroatoms. The highest BCUT2D eigenvalue weighted by molar-refractivity contribution is 5.28. The Morgan fingerprint density at radius 1 is 0.950 bits per heavy atom. The van der Waals surface area contributed by atoms with Crippen molar-refractivity contribution in [1.29, 1.82) is 0 Å². The predicted octanol–water partition coefficient (Wildman–Crippen LogP) is 3.69. The summed E-state index contributed by atoms with van der Waals surface area (Å²) in [6.45, 7) is 1.24. The molecule has 0 aliphatic heterocycles. The lowest BCUT2D eigenvalue weighted by molar-refractivity contribution is 0.0550. The van der Waals surface area contributed by atoms with E-state index >= 15 is 0 Å². The molecule has 0 aliphatic rings. The second kappa shape index (κ2) is 5.25. The first-order valence-electron chi connectivity index (χ1n) is 5.91. The van der Waals surface area contributed by atoms with Crippen LogP contribution in [0, 0.1) is 23.3 Å². The molecule has 0 heterocycles. The smallest absolute Gasteiger partial charge is 0.129 e. The third-order valence-corrected chi connectivity index (χ3v) is 3.07. The van der Waals surface area contributed by atoms with E-state index < -0.39 is 35.3 Å². The number of aliphatic hydroxyl groups is 1. The number of halogens is 4. The highest BCUT2D eigenvalue weighted by Crippen LogP contribution is 2.28. The van der Waals surface area contributed by atoms with Crippen molar-refractivity contribution >= 4 is 0 Å². The zero-order valence-corrected chi connectivity index (χ0v) is 10.6. The average molecular weight is 284 g/mol. The monoisotopic (exact) mass is 284 g/mol. The fraction of sp³-hybridized carbons (Fsp3) is 0.200. The van der Waals surface area contributed by atoms with Crippen LogP contribution in [-0.2, 0) is 12.0 Å². The zero-order chi connectivity index (χ0) is 14.9. The Labute approximate surface area is 113 Å². The maximum absolute atomic E-state index is 13.6. The summed E-state index contributed by atoms with van der Waals surface area (Å²) in [5.41, 5.74) is -2.22. The van der Waals surface area contributed by atoms with Crippen LogP contribution in [0.2, 0.25) is 0 Å². The summed E-state index contributed by atoms with van der Waals surface area (Å²) >= 11 is 0. The lowest BCUT2D eigenvalue weighted by atomic mass is 9.88. The lowest BCUT2D eigenvalue weighted by Crippen LogP contribution is -2.26. The van der Waals surface area contributed by atoms with Crippen LogP contribution in [0.5, 0.6) is 0 Å². The Hall–Kier alpha value is -1.88. The van der Waals surface area contributed by atoms with E-state index in [0.717, 1.165) is 24.3 Å². The topological polar surface area (TPSA) is 20.2 Å². The molecule has 1 N–H and O–H groups in total. The molecule has 0 spiro atoms. The maximum Gasteiger partial charge on any atom is 0.129 e. The van der Waals surface area contributed by atoms with Gasteiger partial charge in [-0.2, -0.15) is 0 Å². The molecule has 0 saturated heterocycles. The first-order valence-corrected chi connectivity index (χ1v) is 5.91. The van der Waals surface area contributed by atoms with Gasteiger partial charge in [0.25, 0.3) is 0 Å². The molecule has 0 fully saturated rings. The van der Waals surface area contributed by atoms with Gasteiger partial charge >= 0.3 is 0 Å². The molecule has 0 bridgehead atoms. The minimum Gasteiger partial charge on any atom is -0.385 e. The van der Waals surface area contributed by atoms with Gasteiger partial charge in [0, 0.05) is 18.1 Å².